The summed E-state index contributed by atoms with van der Waals surface area (Å²) >= 11 is 0. The Hall–Kier alpha value is 0.130. The molecule has 0 aromatic heterocycles. The second kappa shape index (κ2) is 7.45. The number of aliphatic carboxylic acids is 2. The van der Waals surface area contributed by atoms with Crippen molar-refractivity contribution >= 4 is 19.3 Å². The molecule has 2 unspecified atom stereocenters. The van der Waals surface area contributed by atoms with E-state index < -0.39 is 43.5 Å². The fourth-order valence-electron chi connectivity index (χ4n) is 1.07. The summed E-state index contributed by atoms with van der Waals surface area (Å²) in [5.74, 6) is -4.41. The quantitative estimate of drug-likeness (QED) is 0.390. The Kier molecular flexibility index (Phi) is 8.62. The van der Waals surface area contributed by atoms with Crippen molar-refractivity contribution in [1.82, 2.24) is 0 Å². The number of carboxylic acids is 2. The van der Waals surface area contributed by atoms with Gasteiger partial charge < -0.3 is 19.7 Å². The SMILES string of the molecule is CC(CP(=O)([O-])CC(C)C(=O)O)C(=O)O.[Na+]. The predicted octanol–water partition coefficient (Wildman–Crippen LogP) is -2.93. The number of hydrogen-bond donors (Lipinski definition) is 2. The first-order valence-corrected chi connectivity index (χ1v) is 6.40. The Morgan fingerprint density at radius 3 is 1.56 bits per heavy atom. The minimum absolute atomic E-state index is 0. The van der Waals surface area contributed by atoms with Gasteiger partial charge in [-0.3, -0.25) is 9.59 Å². The fourth-order valence-corrected chi connectivity index (χ4v) is 3.20. The second-order valence-corrected chi connectivity index (χ2v) is 6.02. The first-order chi connectivity index (χ1) is 6.65. The van der Waals surface area contributed by atoms with E-state index in [-0.39, 0.29) is 29.6 Å². The van der Waals surface area contributed by atoms with E-state index in [9.17, 15) is 19.0 Å². The largest absolute Gasteiger partial charge is 1.00 e. The molecule has 0 fully saturated rings. The van der Waals surface area contributed by atoms with Gasteiger partial charge in [0.1, 0.15) is 0 Å². The maximum atomic E-state index is 11.4. The van der Waals surface area contributed by atoms with Crippen LogP contribution in [0, 0.1) is 11.8 Å². The topological polar surface area (TPSA) is 115 Å². The van der Waals surface area contributed by atoms with Crippen LogP contribution in [0.25, 0.3) is 0 Å². The third-order valence-electron chi connectivity index (χ3n) is 1.95. The summed E-state index contributed by atoms with van der Waals surface area (Å²) < 4.78 is 11.4. The molecule has 0 bridgehead atoms. The third-order valence-corrected chi connectivity index (χ3v) is 4.16. The first-order valence-electron chi connectivity index (χ1n) is 4.40. The van der Waals surface area contributed by atoms with Gasteiger partial charge in [0.15, 0.2) is 0 Å². The van der Waals surface area contributed by atoms with Crippen molar-refractivity contribution in [3.63, 3.8) is 0 Å². The summed E-state index contributed by atoms with van der Waals surface area (Å²) in [7, 11) is -3.92. The zero-order chi connectivity index (χ0) is 12.2. The third kappa shape index (κ3) is 7.41. The molecule has 16 heavy (non-hydrogen) atoms. The van der Waals surface area contributed by atoms with Gasteiger partial charge in [-0.1, -0.05) is 13.8 Å². The molecule has 0 aliphatic heterocycles. The minimum Gasteiger partial charge on any atom is -0.799 e. The average molecular weight is 260 g/mol. The standard InChI is InChI=1S/C8H15O6P.Na/c1-5(7(9)10)3-15(13,14)4-6(2)8(11)12;/h5-6H,3-4H2,1-2H3,(H,9,10)(H,11,12)(H,13,14);/q;+1/p-1. The molecule has 88 valence electrons. The number of carboxylic acid groups (broad SMARTS) is 2. The van der Waals surface area contributed by atoms with Crippen molar-refractivity contribution in [1.29, 1.82) is 0 Å². The fraction of sp³-hybridized carbons (Fsp3) is 0.750. The Morgan fingerprint density at radius 1 is 1.12 bits per heavy atom. The van der Waals surface area contributed by atoms with E-state index >= 15 is 0 Å². The van der Waals surface area contributed by atoms with E-state index in [0.29, 0.717) is 0 Å². The van der Waals surface area contributed by atoms with Crippen LogP contribution in [0.5, 0.6) is 0 Å². The molecule has 0 saturated heterocycles. The van der Waals surface area contributed by atoms with Crippen molar-refractivity contribution in [3.05, 3.63) is 0 Å². The molecule has 2 atom stereocenters. The monoisotopic (exact) mass is 260 g/mol. The van der Waals surface area contributed by atoms with Crippen molar-refractivity contribution in [2.45, 2.75) is 13.8 Å². The van der Waals surface area contributed by atoms with E-state index in [4.69, 9.17) is 10.2 Å². The van der Waals surface area contributed by atoms with Gasteiger partial charge in [-0.2, -0.15) is 0 Å². The van der Waals surface area contributed by atoms with Crippen LogP contribution in [0.3, 0.4) is 0 Å². The van der Waals surface area contributed by atoms with Gasteiger partial charge in [0.2, 0.25) is 0 Å². The summed E-state index contributed by atoms with van der Waals surface area (Å²) in [5, 5.41) is 17.0. The molecule has 0 saturated carbocycles. The zero-order valence-corrected chi connectivity index (χ0v) is 12.4. The summed E-state index contributed by atoms with van der Waals surface area (Å²) in [6.07, 6.45) is -1.00. The summed E-state index contributed by atoms with van der Waals surface area (Å²) in [5.41, 5.74) is 0. The van der Waals surface area contributed by atoms with E-state index in [1.165, 1.54) is 13.8 Å². The number of hydrogen-bond acceptors (Lipinski definition) is 4. The van der Waals surface area contributed by atoms with Crippen LogP contribution in [0.15, 0.2) is 0 Å². The summed E-state index contributed by atoms with van der Waals surface area (Å²) in [6.45, 7) is 2.55. The Morgan fingerprint density at radius 2 is 1.38 bits per heavy atom. The molecule has 0 aliphatic rings. The van der Waals surface area contributed by atoms with E-state index in [1.807, 2.05) is 0 Å². The smallest absolute Gasteiger partial charge is 0.799 e. The molecule has 0 aromatic rings. The second-order valence-electron chi connectivity index (χ2n) is 3.66. The van der Waals surface area contributed by atoms with Crippen LogP contribution in [0.2, 0.25) is 0 Å². The summed E-state index contributed by atoms with van der Waals surface area (Å²) in [4.78, 5) is 32.2. The molecular weight excluding hydrogens is 246 g/mol. The molecule has 0 rings (SSSR count). The molecule has 0 aromatic carbocycles. The molecule has 0 spiro atoms. The predicted molar refractivity (Wildman–Crippen MR) is 50.9 cm³/mol. The van der Waals surface area contributed by atoms with E-state index in [1.54, 1.807) is 0 Å². The van der Waals surface area contributed by atoms with Gasteiger partial charge in [-0.15, -0.1) is 0 Å². The maximum absolute atomic E-state index is 11.4. The molecule has 0 radical (unpaired) electrons. The average Bonchev–Trinajstić information content (AvgIpc) is 2.01. The van der Waals surface area contributed by atoms with Crippen LogP contribution in [-0.4, -0.2) is 34.5 Å². The van der Waals surface area contributed by atoms with Crippen molar-refractivity contribution in [2.75, 3.05) is 12.3 Å². The molecule has 2 N–H and O–H groups in total. The Bertz CT molecular complexity index is 279. The normalized spacial score (nSPS) is 17.7. The van der Waals surface area contributed by atoms with Crippen LogP contribution < -0.4 is 34.5 Å². The summed E-state index contributed by atoms with van der Waals surface area (Å²) in [6, 6.07) is 0. The molecule has 0 amide bonds. The zero-order valence-electron chi connectivity index (χ0n) is 9.54. The van der Waals surface area contributed by atoms with Gasteiger partial charge >= 0.3 is 41.5 Å². The van der Waals surface area contributed by atoms with Crippen molar-refractivity contribution < 1.29 is 58.8 Å². The van der Waals surface area contributed by atoms with Gasteiger partial charge in [0.25, 0.3) is 0 Å². The van der Waals surface area contributed by atoms with Crippen LogP contribution >= 0.6 is 7.37 Å². The molecular formula is C8H14NaO6P. The minimum atomic E-state index is -3.92. The van der Waals surface area contributed by atoms with E-state index in [0.717, 1.165) is 0 Å². The molecule has 0 aliphatic carbocycles. The number of carbonyl (C=O) groups is 2. The van der Waals surface area contributed by atoms with Gasteiger partial charge in [0.05, 0.1) is 11.8 Å². The van der Waals surface area contributed by atoms with Gasteiger partial charge in [-0.25, -0.2) is 0 Å². The van der Waals surface area contributed by atoms with Crippen molar-refractivity contribution in [3.8, 4) is 0 Å². The van der Waals surface area contributed by atoms with Crippen LogP contribution in [0.1, 0.15) is 13.8 Å². The van der Waals surface area contributed by atoms with Crippen LogP contribution in [-0.2, 0) is 14.2 Å². The number of rotatable bonds is 6. The maximum Gasteiger partial charge on any atom is 1.00 e. The molecule has 0 heterocycles. The van der Waals surface area contributed by atoms with Gasteiger partial charge in [-0.05, 0) is 0 Å². The van der Waals surface area contributed by atoms with Crippen LogP contribution in [0.4, 0.5) is 0 Å². The Labute approximate surface area is 116 Å². The molecule has 8 heteroatoms. The first kappa shape index (κ1) is 18.5. The van der Waals surface area contributed by atoms with E-state index in [2.05, 4.69) is 0 Å². The Balaban J connectivity index is 0. The van der Waals surface area contributed by atoms with Crippen molar-refractivity contribution in [2.24, 2.45) is 11.8 Å². The van der Waals surface area contributed by atoms with Gasteiger partial charge in [0, 0.05) is 19.7 Å². The molecule has 6 nitrogen and oxygen atoms in total.